The second-order valence-corrected chi connectivity index (χ2v) is 9.32. The number of amidine groups is 2. The number of benzene rings is 4. The molecule has 6 nitrogen and oxygen atoms in total. The van der Waals surface area contributed by atoms with E-state index in [0.29, 0.717) is 11.7 Å². The fraction of sp³-hybridized carbons (Fsp3) is 0.0667. The molecule has 0 N–H and O–H groups in total. The van der Waals surface area contributed by atoms with E-state index in [1.165, 1.54) is 11.5 Å². The summed E-state index contributed by atoms with van der Waals surface area (Å²) in [6.07, 6.45) is 0. The number of nitrogens with zero attached hydrogens (tertiary/aromatic N) is 6. The summed E-state index contributed by atoms with van der Waals surface area (Å²) in [4.78, 5) is 20.4. The average Bonchev–Trinajstić information content (AvgIpc) is 3.21. The summed E-state index contributed by atoms with van der Waals surface area (Å²) >= 11 is 1.50. The van der Waals surface area contributed by atoms with Gasteiger partial charge in [-0.05, 0) is 35.8 Å². The topological polar surface area (TPSA) is 59.3 Å². The first-order valence-corrected chi connectivity index (χ1v) is 12.7. The van der Waals surface area contributed by atoms with Crippen LogP contribution in [0, 0.1) is 0 Å². The molecule has 0 saturated carbocycles. The van der Waals surface area contributed by atoms with Gasteiger partial charge in [0.2, 0.25) is 10.4 Å². The molecule has 0 saturated heterocycles. The van der Waals surface area contributed by atoms with Crippen LogP contribution in [0.5, 0.6) is 0 Å². The fourth-order valence-electron chi connectivity index (χ4n) is 3.68. The molecule has 0 fully saturated rings. The summed E-state index contributed by atoms with van der Waals surface area (Å²) in [5.74, 6) is 1.26. The van der Waals surface area contributed by atoms with Gasteiger partial charge in [0.1, 0.15) is 0 Å². The summed E-state index contributed by atoms with van der Waals surface area (Å²) in [6, 6.07) is 39.8. The lowest BCUT2D eigenvalue weighted by Gasteiger charge is -2.03. The molecular formula is C30H26N6S. The molecule has 7 heteroatoms. The molecule has 1 aromatic heterocycles. The third kappa shape index (κ3) is 5.97. The quantitative estimate of drug-likeness (QED) is 0.221. The normalized spacial score (nSPS) is 13.2. The molecule has 182 valence electrons. The zero-order chi connectivity index (χ0) is 25.5. The van der Waals surface area contributed by atoms with Gasteiger partial charge in [-0.1, -0.05) is 97.1 Å². The van der Waals surface area contributed by atoms with Crippen molar-refractivity contribution in [3.05, 3.63) is 143 Å². The maximum atomic E-state index is 4.99. The van der Waals surface area contributed by atoms with Gasteiger partial charge in [0.05, 0.1) is 11.4 Å². The van der Waals surface area contributed by atoms with Crippen molar-refractivity contribution in [2.45, 2.75) is 0 Å². The molecule has 0 aliphatic carbocycles. The lowest BCUT2D eigenvalue weighted by molar-refractivity contribution is 0.742. The van der Waals surface area contributed by atoms with E-state index in [1.54, 1.807) is 0 Å². The van der Waals surface area contributed by atoms with Crippen LogP contribution in [0.4, 0.5) is 11.4 Å². The highest BCUT2D eigenvalue weighted by atomic mass is 32.1. The third-order valence-corrected chi connectivity index (χ3v) is 6.51. The smallest absolute Gasteiger partial charge is 0.222 e. The molecule has 0 aliphatic rings. The first kappa shape index (κ1) is 24.1. The van der Waals surface area contributed by atoms with E-state index < -0.39 is 0 Å². The molecule has 4 aromatic carbocycles. The minimum absolute atomic E-state index is 0.628. The monoisotopic (exact) mass is 502 g/mol. The highest BCUT2D eigenvalue weighted by Gasteiger charge is 2.08. The molecule has 0 atom stereocenters. The predicted octanol–water partition coefficient (Wildman–Crippen LogP) is 5.78. The molecule has 1 heterocycles. The molecule has 0 aliphatic heterocycles. The highest BCUT2D eigenvalue weighted by molar-refractivity contribution is 7.03. The van der Waals surface area contributed by atoms with Gasteiger partial charge in [0.25, 0.3) is 0 Å². The first-order valence-electron chi connectivity index (χ1n) is 11.9. The van der Waals surface area contributed by atoms with Crippen molar-refractivity contribution >= 4 is 34.6 Å². The number of hydrogen-bond donors (Lipinski definition) is 0. The van der Waals surface area contributed by atoms with Gasteiger partial charge in [-0.25, -0.2) is 9.98 Å². The van der Waals surface area contributed by atoms with Crippen LogP contribution in [-0.4, -0.2) is 20.2 Å². The van der Waals surface area contributed by atoms with Crippen LogP contribution in [0.2, 0.25) is 0 Å². The first-order chi connectivity index (χ1) is 18.2. The van der Waals surface area contributed by atoms with E-state index in [0.717, 1.165) is 32.9 Å². The lowest BCUT2D eigenvalue weighted by atomic mass is 10.2. The zero-order valence-corrected chi connectivity index (χ0v) is 21.5. The molecule has 0 amide bonds. The Labute approximate surface area is 219 Å². The zero-order valence-electron chi connectivity index (χ0n) is 20.6. The average molecular weight is 503 g/mol. The molecule has 5 rings (SSSR count). The van der Waals surface area contributed by atoms with E-state index >= 15 is 0 Å². The molecule has 0 spiro atoms. The molecule has 0 radical (unpaired) electrons. The Kier molecular flexibility index (Phi) is 7.43. The SMILES string of the molecule is Cn1sc(=NC(=Nc2ccccc2)c2ccccc2)n(C)c1=NC(=Nc1ccccc1)c1ccccc1. The van der Waals surface area contributed by atoms with Crippen LogP contribution in [0.1, 0.15) is 11.1 Å². The fourth-order valence-corrected chi connectivity index (χ4v) is 4.50. The van der Waals surface area contributed by atoms with Crippen LogP contribution in [0.25, 0.3) is 0 Å². The van der Waals surface area contributed by atoms with E-state index in [-0.39, 0.29) is 0 Å². The van der Waals surface area contributed by atoms with E-state index in [2.05, 4.69) is 0 Å². The largest absolute Gasteiger partial charge is 0.289 e. The van der Waals surface area contributed by atoms with E-state index in [4.69, 9.17) is 20.0 Å². The summed E-state index contributed by atoms with van der Waals surface area (Å²) in [6.45, 7) is 0. The van der Waals surface area contributed by atoms with Crippen molar-refractivity contribution in [3.63, 3.8) is 0 Å². The Morgan fingerprint density at radius 1 is 0.541 bits per heavy atom. The van der Waals surface area contributed by atoms with Crippen LogP contribution in [0.3, 0.4) is 0 Å². The van der Waals surface area contributed by atoms with Crippen LogP contribution < -0.4 is 10.4 Å². The van der Waals surface area contributed by atoms with Crippen LogP contribution in [-0.2, 0) is 14.1 Å². The van der Waals surface area contributed by atoms with E-state index in [9.17, 15) is 0 Å². The second kappa shape index (κ2) is 11.4. The predicted molar refractivity (Wildman–Crippen MR) is 152 cm³/mol. The molecule has 37 heavy (non-hydrogen) atoms. The Morgan fingerprint density at radius 3 is 1.41 bits per heavy atom. The van der Waals surface area contributed by atoms with Crippen molar-refractivity contribution in [1.82, 2.24) is 8.52 Å². The van der Waals surface area contributed by atoms with Crippen molar-refractivity contribution < 1.29 is 0 Å². The van der Waals surface area contributed by atoms with Gasteiger partial charge in [0.15, 0.2) is 11.7 Å². The van der Waals surface area contributed by atoms with Crippen LogP contribution in [0.15, 0.2) is 141 Å². The number of para-hydroxylation sites is 2. The number of aryl methyl sites for hydroxylation is 1. The van der Waals surface area contributed by atoms with Gasteiger partial charge in [0, 0.05) is 25.2 Å². The van der Waals surface area contributed by atoms with Gasteiger partial charge in [-0.2, -0.15) is 9.98 Å². The minimum Gasteiger partial charge on any atom is -0.289 e. The Hall–Kier alpha value is -4.62. The molecular weight excluding hydrogens is 476 g/mol. The lowest BCUT2D eigenvalue weighted by Crippen LogP contribution is -2.29. The van der Waals surface area contributed by atoms with Gasteiger partial charge < -0.3 is 0 Å². The standard InChI is InChI=1S/C30H26N6S/c1-35-29(33-27(23-15-7-3-8-16-23)31-25-19-11-5-12-20-25)36(2)37-30(35)34-28(24-17-9-4-10-18-24)32-26-21-13-6-14-22-26/h3-22H,1-2H3. The van der Waals surface area contributed by atoms with Gasteiger partial charge in [-0.3, -0.25) is 8.52 Å². The summed E-state index contributed by atoms with van der Waals surface area (Å²) in [5, 5.41) is 0. The summed E-state index contributed by atoms with van der Waals surface area (Å²) < 4.78 is 3.96. The third-order valence-electron chi connectivity index (χ3n) is 5.54. The van der Waals surface area contributed by atoms with Gasteiger partial charge in [-0.15, -0.1) is 0 Å². The summed E-state index contributed by atoms with van der Waals surface area (Å²) in [7, 11) is 3.94. The number of aromatic nitrogens is 2. The van der Waals surface area contributed by atoms with E-state index in [1.807, 2.05) is 144 Å². The molecule has 5 aromatic rings. The van der Waals surface area contributed by atoms with Crippen molar-refractivity contribution in [3.8, 4) is 0 Å². The number of hydrogen-bond acceptors (Lipinski definition) is 3. The Bertz CT molecular complexity index is 1660. The van der Waals surface area contributed by atoms with Crippen molar-refractivity contribution in [1.29, 1.82) is 0 Å². The number of aliphatic imine (C=N–C) groups is 2. The second-order valence-electron chi connectivity index (χ2n) is 8.23. The molecule has 0 unspecified atom stereocenters. The maximum Gasteiger partial charge on any atom is 0.222 e. The Balaban J connectivity index is 1.67. The maximum absolute atomic E-state index is 4.99. The minimum atomic E-state index is 0.628. The number of rotatable bonds is 4. The van der Waals surface area contributed by atoms with Crippen molar-refractivity contribution in [2.24, 2.45) is 34.1 Å². The highest BCUT2D eigenvalue weighted by Crippen LogP contribution is 2.15. The van der Waals surface area contributed by atoms with Gasteiger partial charge >= 0.3 is 0 Å². The van der Waals surface area contributed by atoms with Crippen LogP contribution >= 0.6 is 11.5 Å². The summed E-state index contributed by atoms with van der Waals surface area (Å²) in [5.41, 5.74) is 4.30. The molecule has 0 bridgehead atoms. The van der Waals surface area contributed by atoms with Crippen molar-refractivity contribution in [2.75, 3.05) is 0 Å². The Morgan fingerprint density at radius 2 is 0.946 bits per heavy atom.